The number of primary amides is 1. The highest BCUT2D eigenvalue weighted by atomic mass is 35.5. The van der Waals surface area contributed by atoms with Crippen LogP contribution in [0.2, 0.25) is 5.02 Å². The Kier molecular flexibility index (Phi) is 9.73. The molecule has 36 heavy (non-hydrogen) atoms. The third kappa shape index (κ3) is 6.77. The Morgan fingerprint density at radius 3 is 2.36 bits per heavy atom. The molecule has 3 amide bonds. The first-order chi connectivity index (χ1) is 17.3. The van der Waals surface area contributed by atoms with E-state index in [2.05, 4.69) is 12.2 Å². The number of hydrogen-bond acceptors (Lipinski definition) is 5. The summed E-state index contributed by atoms with van der Waals surface area (Å²) in [6.07, 6.45) is 2.13. The minimum absolute atomic E-state index is 0.0246. The summed E-state index contributed by atoms with van der Waals surface area (Å²) in [6.45, 7) is 3.29. The molecule has 0 aliphatic carbocycles. The minimum atomic E-state index is -0.815. The molecule has 1 aliphatic rings. The number of ether oxygens (including phenoxy) is 1. The molecule has 194 valence electrons. The van der Waals surface area contributed by atoms with Crippen LogP contribution in [0, 0.1) is 5.41 Å². The van der Waals surface area contributed by atoms with E-state index in [4.69, 9.17) is 27.8 Å². The number of nitrogens with zero attached hydrogens (tertiary/aromatic N) is 1. The van der Waals surface area contributed by atoms with Crippen molar-refractivity contribution < 1.29 is 19.1 Å². The van der Waals surface area contributed by atoms with Crippen molar-refractivity contribution in [2.45, 2.75) is 44.9 Å². The molecular weight excluding hydrogens is 480 g/mol. The van der Waals surface area contributed by atoms with Gasteiger partial charge in [-0.1, -0.05) is 48.9 Å². The van der Waals surface area contributed by atoms with Crippen molar-refractivity contribution in [2.75, 3.05) is 31.6 Å². The molecule has 0 saturated carbocycles. The molecule has 1 aliphatic heterocycles. The number of piperidine rings is 1. The van der Waals surface area contributed by atoms with Crippen molar-refractivity contribution in [2.24, 2.45) is 16.9 Å². The van der Waals surface area contributed by atoms with Gasteiger partial charge in [-0.15, -0.1) is 0 Å². The largest absolute Gasteiger partial charge is 0.449 e. The number of likely N-dealkylation sites (tertiary alicyclic amines) is 1. The molecule has 1 atom stereocenters. The molecule has 2 aromatic rings. The maximum absolute atomic E-state index is 12.8. The average molecular weight is 515 g/mol. The van der Waals surface area contributed by atoms with Crippen molar-refractivity contribution >= 4 is 35.2 Å². The van der Waals surface area contributed by atoms with Gasteiger partial charge < -0.3 is 21.1 Å². The van der Waals surface area contributed by atoms with Gasteiger partial charge in [0.05, 0.1) is 5.92 Å². The summed E-state index contributed by atoms with van der Waals surface area (Å²) in [5.74, 6) is -1.31. The summed E-state index contributed by atoms with van der Waals surface area (Å²) in [7, 11) is 0. The molecule has 5 N–H and O–H groups in total. The number of anilines is 1. The van der Waals surface area contributed by atoms with Crippen LogP contribution in [0.25, 0.3) is 0 Å². The first kappa shape index (κ1) is 27.5. The number of aryl methyl sites for hydroxylation is 1. The average Bonchev–Trinajstić information content (AvgIpc) is 2.88. The normalized spacial score (nSPS) is 15.7. The van der Waals surface area contributed by atoms with E-state index in [-0.39, 0.29) is 12.5 Å². The summed E-state index contributed by atoms with van der Waals surface area (Å²) in [5.41, 5.74) is 13.0. The fourth-order valence-electron chi connectivity index (χ4n) is 4.81. The summed E-state index contributed by atoms with van der Waals surface area (Å²) < 4.78 is 5.68. The molecule has 1 saturated heterocycles. The highest BCUT2D eigenvalue weighted by Crippen LogP contribution is 2.46. The van der Waals surface area contributed by atoms with E-state index in [1.807, 2.05) is 24.3 Å². The van der Waals surface area contributed by atoms with E-state index >= 15 is 0 Å². The van der Waals surface area contributed by atoms with Gasteiger partial charge in [0.1, 0.15) is 6.61 Å². The van der Waals surface area contributed by atoms with Gasteiger partial charge >= 0.3 is 6.09 Å². The molecule has 9 heteroatoms. The fraction of sp³-hybridized carbons (Fsp3) is 0.444. The monoisotopic (exact) mass is 514 g/mol. The van der Waals surface area contributed by atoms with Crippen LogP contribution in [0.4, 0.5) is 10.5 Å². The van der Waals surface area contributed by atoms with Crippen molar-refractivity contribution in [1.29, 1.82) is 0 Å². The molecule has 2 aromatic carbocycles. The van der Waals surface area contributed by atoms with Crippen LogP contribution in [0.3, 0.4) is 0 Å². The van der Waals surface area contributed by atoms with Gasteiger partial charge in [0.25, 0.3) is 0 Å². The SMILES string of the molecule is CCc1ccc(NC(=O)OCC2(C(C(N)=O)c3ccccc3Cl)CCN(C(=O)CCCN)CC2)cc1. The van der Waals surface area contributed by atoms with E-state index in [0.29, 0.717) is 61.6 Å². The first-order valence-electron chi connectivity index (χ1n) is 12.3. The van der Waals surface area contributed by atoms with Crippen LogP contribution in [0.15, 0.2) is 48.5 Å². The number of rotatable bonds is 10. The third-order valence-electron chi connectivity index (χ3n) is 6.92. The molecule has 0 aromatic heterocycles. The maximum atomic E-state index is 12.8. The number of carbonyl (C=O) groups excluding carboxylic acids is 3. The van der Waals surface area contributed by atoms with Gasteiger partial charge in [0.2, 0.25) is 11.8 Å². The lowest BCUT2D eigenvalue weighted by molar-refractivity contribution is -0.135. The van der Waals surface area contributed by atoms with Crippen LogP contribution in [0.1, 0.15) is 49.7 Å². The van der Waals surface area contributed by atoms with Crippen LogP contribution < -0.4 is 16.8 Å². The predicted molar refractivity (Wildman–Crippen MR) is 141 cm³/mol. The fourth-order valence-corrected chi connectivity index (χ4v) is 5.06. The van der Waals surface area contributed by atoms with E-state index < -0.39 is 23.3 Å². The van der Waals surface area contributed by atoms with E-state index in [1.165, 1.54) is 0 Å². The Hall–Kier alpha value is -3.10. The lowest BCUT2D eigenvalue weighted by Crippen LogP contribution is -2.50. The highest BCUT2D eigenvalue weighted by molar-refractivity contribution is 6.31. The topological polar surface area (TPSA) is 128 Å². The Morgan fingerprint density at radius 2 is 1.78 bits per heavy atom. The Balaban J connectivity index is 1.81. The van der Waals surface area contributed by atoms with Gasteiger partial charge in [0.15, 0.2) is 0 Å². The molecule has 0 radical (unpaired) electrons. The number of halogens is 1. The van der Waals surface area contributed by atoms with Crippen molar-refractivity contribution in [3.8, 4) is 0 Å². The molecule has 1 heterocycles. The second kappa shape index (κ2) is 12.7. The molecular formula is C27H35ClN4O4. The van der Waals surface area contributed by atoms with E-state index in [1.54, 1.807) is 29.2 Å². The van der Waals surface area contributed by atoms with Crippen molar-refractivity contribution in [3.05, 3.63) is 64.7 Å². The summed E-state index contributed by atoms with van der Waals surface area (Å²) in [4.78, 5) is 39.9. The number of benzene rings is 2. The predicted octanol–water partition coefficient (Wildman–Crippen LogP) is 4.07. The maximum Gasteiger partial charge on any atom is 0.411 e. The van der Waals surface area contributed by atoms with E-state index in [9.17, 15) is 14.4 Å². The number of amides is 3. The smallest absolute Gasteiger partial charge is 0.411 e. The zero-order valence-corrected chi connectivity index (χ0v) is 21.4. The third-order valence-corrected chi connectivity index (χ3v) is 7.26. The van der Waals surface area contributed by atoms with Gasteiger partial charge in [-0.05, 0) is 61.6 Å². The molecule has 0 bridgehead atoms. The number of nitrogens with two attached hydrogens (primary N) is 2. The van der Waals surface area contributed by atoms with Gasteiger partial charge in [-0.3, -0.25) is 14.9 Å². The number of nitrogens with one attached hydrogen (secondary N) is 1. The zero-order valence-electron chi connectivity index (χ0n) is 20.7. The quantitative estimate of drug-likeness (QED) is 0.440. The highest BCUT2D eigenvalue weighted by Gasteiger charge is 2.47. The van der Waals surface area contributed by atoms with Gasteiger partial charge in [-0.2, -0.15) is 0 Å². The lowest BCUT2D eigenvalue weighted by atomic mass is 9.66. The Morgan fingerprint density at radius 1 is 1.11 bits per heavy atom. The zero-order chi connectivity index (χ0) is 26.1. The van der Waals surface area contributed by atoms with Gasteiger partial charge in [-0.25, -0.2) is 4.79 Å². The number of hydrogen-bond donors (Lipinski definition) is 3. The lowest BCUT2D eigenvalue weighted by Gasteiger charge is -2.45. The molecule has 8 nitrogen and oxygen atoms in total. The Bertz CT molecular complexity index is 1050. The summed E-state index contributed by atoms with van der Waals surface area (Å²) >= 11 is 6.47. The van der Waals surface area contributed by atoms with Crippen molar-refractivity contribution in [1.82, 2.24) is 4.90 Å². The molecule has 1 unspecified atom stereocenters. The van der Waals surface area contributed by atoms with Crippen LogP contribution in [0.5, 0.6) is 0 Å². The van der Waals surface area contributed by atoms with Crippen molar-refractivity contribution in [3.63, 3.8) is 0 Å². The minimum Gasteiger partial charge on any atom is -0.449 e. The summed E-state index contributed by atoms with van der Waals surface area (Å²) in [6, 6.07) is 14.6. The second-order valence-corrected chi connectivity index (χ2v) is 9.65. The standard InChI is InChI=1S/C27H35ClN4O4/c1-2-19-9-11-20(12-10-19)31-26(35)36-18-27(13-16-32(17-14-27)23(33)8-5-15-29)24(25(30)34)21-6-3-4-7-22(21)28/h3-4,6-7,9-12,24H,2,5,8,13-18,29H2,1H3,(H2,30,34)(H,31,35). The van der Waals surface area contributed by atoms with E-state index in [0.717, 1.165) is 12.0 Å². The number of carbonyl (C=O) groups is 3. The van der Waals surface area contributed by atoms with Crippen LogP contribution in [-0.2, 0) is 20.7 Å². The summed E-state index contributed by atoms with van der Waals surface area (Å²) in [5, 5.41) is 3.16. The van der Waals surface area contributed by atoms with Crippen LogP contribution >= 0.6 is 11.6 Å². The molecule has 0 spiro atoms. The Labute approximate surface area is 217 Å². The molecule has 3 rings (SSSR count). The molecule has 1 fully saturated rings. The first-order valence-corrected chi connectivity index (χ1v) is 12.7. The second-order valence-electron chi connectivity index (χ2n) is 9.24. The van der Waals surface area contributed by atoms with Gasteiger partial charge in [0, 0.05) is 35.6 Å². The van der Waals surface area contributed by atoms with Crippen LogP contribution in [-0.4, -0.2) is 49.0 Å².